The summed E-state index contributed by atoms with van der Waals surface area (Å²) in [6.45, 7) is 5.85. The number of carbonyl (C=O) groups is 4. The van der Waals surface area contributed by atoms with Crippen LogP contribution in [0.25, 0.3) is 0 Å². The van der Waals surface area contributed by atoms with Crippen molar-refractivity contribution in [1.29, 1.82) is 0 Å². The number of hydrogen-bond acceptors (Lipinski definition) is 5. The summed E-state index contributed by atoms with van der Waals surface area (Å²) >= 11 is 0. The standard InChI is InChI=1S/C35H46N6O5/c1-35(2,3)39-34(46)41(21-20-25-14-8-5-9-15-25)24-30(42)28(22-26-16-10-6-11-17-26)37-32(44)29(23-31(36)43)38-33(45)40(4)27-18-12-7-13-19-27/h5-19,28-30,42H,20-24H2,1-4H3,(H2,36,43)(H,37,44)(H,38,45)(H,39,46)/t28-,29?,30?/m0/s1. The Kier molecular flexibility index (Phi) is 13.1. The molecular formula is C35H46N6O5. The van der Waals surface area contributed by atoms with Gasteiger partial charge < -0.3 is 31.7 Å². The molecular weight excluding hydrogens is 584 g/mol. The highest BCUT2D eigenvalue weighted by Gasteiger charge is 2.31. The molecule has 0 aliphatic heterocycles. The quantitative estimate of drug-likeness (QED) is 0.185. The van der Waals surface area contributed by atoms with Gasteiger partial charge in [0.25, 0.3) is 0 Å². The Morgan fingerprint density at radius 3 is 1.89 bits per heavy atom. The number of aliphatic hydroxyl groups is 1. The molecule has 3 rings (SSSR count). The Bertz CT molecular complexity index is 1420. The highest BCUT2D eigenvalue weighted by Crippen LogP contribution is 2.13. The van der Waals surface area contributed by atoms with Crippen molar-refractivity contribution in [2.24, 2.45) is 5.73 Å². The lowest BCUT2D eigenvalue weighted by Gasteiger charge is -2.33. The topological polar surface area (TPSA) is 157 Å². The first-order valence-electron chi connectivity index (χ1n) is 15.3. The fourth-order valence-corrected chi connectivity index (χ4v) is 4.80. The van der Waals surface area contributed by atoms with Crippen molar-refractivity contribution in [3.05, 3.63) is 102 Å². The van der Waals surface area contributed by atoms with Crippen LogP contribution in [-0.4, -0.2) is 77.7 Å². The van der Waals surface area contributed by atoms with E-state index in [0.717, 1.165) is 11.1 Å². The van der Waals surface area contributed by atoms with E-state index in [9.17, 15) is 24.3 Å². The predicted octanol–water partition coefficient (Wildman–Crippen LogP) is 3.22. The number of hydrogen-bond donors (Lipinski definition) is 5. The largest absolute Gasteiger partial charge is 0.389 e. The maximum atomic E-state index is 13.6. The SMILES string of the molecule is CN(C(=O)NC(CC(N)=O)C(=O)N[C@@H](Cc1ccccc1)C(O)CN(CCc1ccccc1)C(=O)NC(C)(C)C)c1ccccc1. The monoisotopic (exact) mass is 630 g/mol. The van der Waals surface area contributed by atoms with E-state index in [1.165, 1.54) is 9.80 Å². The third-order valence-corrected chi connectivity index (χ3v) is 7.25. The van der Waals surface area contributed by atoms with Crippen molar-refractivity contribution in [1.82, 2.24) is 20.9 Å². The zero-order chi connectivity index (χ0) is 33.7. The van der Waals surface area contributed by atoms with Crippen LogP contribution in [0.4, 0.5) is 15.3 Å². The first-order valence-corrected chi connectivity index (χ1v) is 15.3. The summed E-state index contributed by atoms with van der Waals surface area (Å²) in [5.74, 6) is -1.47. The van der Waals surface area contributed by atoms with Gasteiger partial charge in [-0.3, -0.25) is 14.5 Å². The summed E-state index contributed by atoms with van der Waals surface area (Å²) in [5, 5.41) is 20.0. The average molecular weight is 631 g/mol. The number of nitrogens with two attached hydrogens (primary N) is 1. The van der Waals surface area contributed by atoms with Gasteiger partial charge in [-0.05, 0) is 56.9 Å². The lowest BCUT2D eigenvalue weighted by molar-refractivity contribution is -0.128. The van der Waals surface area contributed by atoms with Gasteiger partial charge in [0, 0.05) is 24.8 Å². The predicted molar refractivity (Wildman–Crippen MR) is 179 cm³/mol. The molecule has 0 bridgehead atoms. The van der Waals surface area contributed by atoms with E-state index >= 15 is 0 Å². The minimum Gasteiger partial charge on any atom is -0.389 e. The number of amides is 6. The van der Waals surface area contributed by atoms with Crippen LogP contribution in [0, 0.1) is 0 Å². The van der Waals surface area contributed by atoms with Gasteiger partial charge in [-0.25, -0.2) is 9.59 Å². The highest BCUT2D eigenvalue weighted by atomic mass is 16.3. The number of benzene rings is 3. The zero-order valence-corrected chi connectivity index (χ0v) is 27.0. The third kappa shape index (κ3) is 11.9. The van der Waals surface area contributed by atoms with Crippen LogP contribution in [0.15, 0.2) is 91.0 Å². The zero-order valence-electron chi connectivity index (χ0n) is 27.0. The Labute approximate surface area is 271 Å². The van der Waals surface area contributed by atoms with Crippen LogP contribution in [-0.2, 0) is 22.4 Å². The molecule has 0 saturated carbocycles. The molecule has 0 aliphatic rings. The van der Waals surface area contributed by atoms with Crippen molar-refractivity contribution in [2.75, 3.05) is 25.0 Å². The molecule has 3 atom stereocenters. The molecule has 46 heavy (non-hydrogen) atoms. The number of primary amides is 1. The van der Waals surface area contributed by atoms with Crippen LogP contribution in [0.2, 0.25) is 0 Å². The summed E-state index contributed by atoms with van der Waals surface area (Å²) in [6, 6.07) is 24.7. The maximum absolute atomic E-state index is 13.6. The van der Waals surface area contributed by atoms with Crippen molar-refractivity contribution >= 4 is 29.6 Å². The lowest BCUT2D eigenvalue weighted by Crippen LogP contribution is -2.58. The van der Waals surface area contributed by atoms with Gasteiger partial charge in [0.05, 0.1) is 25.1 Å². The van der Waals surface area contributed by atoms with Gasteiger partial charge in [-0.2, -0.15) is 0 Å². The molecule has 11 nitrogen and oxygen atoms in total. The number of rotatable bonds is 14. The molecule has 2 unspecified atom stereocenters. The number of carbonyl (C=O) groups excluding carboxylic acids is 4. The molecule has 3 aromatic rings. The Morgan fingerprint density at radius 2 is 1.35 bits per heavy atom. The first-order chi connectivity index (χ1) is 21.8. The van der Waals surface area contributed by atoms with Gasteiger partial charge in [-0.15, -0.1) is 0 Å². The van der Waals surface area contributed by atoms with Crippen molar-refractivity contribution in [3.63, 3.8) is 0 Å². The average Bonchev–Trinajstić information content (AvgIpc) is 3.02. The molecule has 0 spiro atoms. The minimum atomic E-state index is -1.31. The van der Waals surface area contributed by atoms with E-state index < -0.39 is 48.0 Å². The lowest BCUT2D eigenvalue weighted by atomic mass is 9.99. The van der Waals surface area contributed by atoms with Crippen molar-refractivity contribution < 1.29 is 24.3 Å². The highest BCUT2D eigenvalue weighted by molar-refractivity contribution is 5.96. The molecule has 0 heterocycles. The molecule has 6 amide bonds. The summed E-state index contributed by atoms with van der Waals surface area (Å²) in [4.78, 5) is 54.9. The molecule has 0 radical (unpaired) electrons. The van der Waals surface area contributed by atoms with Gasteiger partial charge in [-0.1, -0.05) is 78.9 Å². The van der Waals surface area contributed by atoms with Crippen LogP contribution >= 0.6 is 0 Å². The van der Waals surface area contributed by atoms with Crippen LogP contribution < -0.4 is 26.6 Å². The maximum Gasteiger partial charge on any atom is 0.322 e. The second kappa shape index (κ2) is 17.0. The molecule has 0 aliphatic carbocycles. The van der Waals surface area contributed by atoms with E-state index in [2.05, 4.69) is 16.0 Å². The van der Waals surface area contributed by atoms with E-state index in [0.29, 0.717) is 18.7 Å². The Hall–Kier alpha value is -4.90. The van der Waals surface area contributed by atoms with E-state index in [4.69, 9.17) is 5.73 Å². The Balaban J connectivity index is 1.83. The molecule has 3 aromatic carbocycles. The summed E-state index contributed by atoms with van der Waals surface area (Å²) in [6.07, 6.45) is -0.876. The first kappa shape index (κ1) is 35.6. The molecule has 0 fully saturated rings. The van der Waals surface area contributed by atoms with E-state index in [1.54, 1.807) is 31.3 Å². The van der Waals surface area contributed by atoms with Gasteiger partial charge >= 0.3 is 12.1 Å². The molecule has 11 heteroatoms. The van der Waals surface area contributed by atoms with Crippen LogP contribution in [0.5, 0.6) is 0 Å². The van der Waals surface area contributed by atoms with Crippen LogP contribution in [0.3, 0.4) is 0 Å². The number of nitrogens with zero attached hydrogens (tertiary/aromatic N) is 2. The number of urea groups is 2. The molecule has 0 saturated heterocycles. The van der Waals surface area contributed by atoms with E-state index in [1.807, 2.05) is 87.5 Å². The molecule has 0 aromatic heterocycles. The van der Waals surface area contributed by atoms with Gasteiger partial charge in [0.1, 0.15) is 6.04 Å². The van der Waals surface area contributed by atoms with E-state index in [-0.39, 0.29) is 19.0 Å². The number of anilines is 1. The van der Waals surface area contributed by atoms with Gasteiger partial charge in [0.15, 0.2) is 0 Å². The fourth-order valence-electron chi connectivity index (χ4n) is 4.80. The van der Waals surface area contributed by atoms with Crippen molar-refractivity contribution in [2.45, 2.75) is 63.8 Å². The number of para-hydroxylation sites is 1. The minimum absolute atomic E-state index is 0.0872. The Morgan fingerprint density at radius 1 is 0.804 bits per heavy atom. The normalized spacial score (nSPS) is 13.1. The number of aliphatic hydroxyl groups excluding tert-OH is 1. The number of nitrogens with one attached hydrogen (secondary N) is 3. The van der Waals surface area contributed by atoms with Crippen molar-refractivity contribution in [3.8, 4) is 0 Å². The second-order valence-corrected chi connectivity index (χ2v) is 12.3. The third-order valence-electron chi connectivity index (χ3n) is 7.25. The summed E-state index contributed by atoms with van der Waals surface area (Å²) in [7, 11) is 1.54. The van der Waals surface area contributed by atoms with Crippen LogP contribution in [0.1, 0.15) is 38.3 Å². The summed E-state index contributed by atoms with van der Waals surface area (Å²) in [5.41, 5.74) is 7.39. The smallest absolute Gasteiger partial charge is 0.322 e. The van der Waals surface area contributed by atoms with Gasteiger partial charge in [0.2, 0.25) is 11.8 Å². The summed E-state index contributed by atoms with van der Waals surface area (Å²) < 4.78 is 0. The fraction of sp³-hybridized carbons (Fsp3) is 0.371. The second-order valence-electron chi connectivity index (χ2n) is 12.3. The molecule has 246 valence electrons. The molecule has 6 N–H and O–H groups in total.